The standard InChI is InChI=1S/C19H18F3N3O2/c20-19(21,22)13-6-4-12(5-7-13)18(8-1-9-18)25-17(27)14-10-15(26)24-16(23-14)11-2-3-11/h4-7,10-11H,1-3,8-9H2,(H,25,27)(H,23,24,26). The van der Waals surface area contributed by atoms with Gasteiger partial charge < -0.3 is 10.3 Å². The van der Waals surface area contributed by atoms with Crippen LogP contribution in [0.4, 0.5) is 13.2 Å². The van der Waals surface area contributed by atoms with Gasteiger partial charge >= 0.3 is 6.18 Å². The molecule has 2 N–H and O–H groups in total. The molecule has 1 amide bonds. The number of alkyl halides is 3. The van der Waals surface area contributed by atoms with Crippen molar-refractivity contribution in [1.82, 2.24) is 15.3 Å². The van der Waals surface area contributed by atoms with Crippen LogP contribution in [0.3, 0.4) is 0 Å². The Kier molecular flexibility index (Phi) is 4.09. The van der Waals surface area contributed by atoms with Gasteiger partial charge in [0.15, 0.2) is 0 Å². The van der Waals surface area contributed by atoms with E-state index in [9.17, 15) is 22.8 Å². The molecule has 0 atom stereocenters. The average Bonchev–Trinajstić information content (AvgIpc) is 3.42. The SMILES string of the molecule is O=C(NC1(c2ccc(C(F)(F)F)cc2)CCC1)c1cc(=O)[nH]c(C2CC2)n1. The topological polar surface area (TPSA) is 74.8 Å². The number of carbonyl (C=O) groups excluding carboxylic acids is 1. The number of aromatic amines is 1. The normalized spacial score (nSPS) is 18.6. The van der Waals surface area contributed by atoms with Crippen LogP contribution in [-0.4, -0.2) is 15.9 Å². The van der Waals surface area contributed by atoms with Gasteiger partial charge in [-0.1, -0.05) is 12.1 Å². The Labute approximate surface area is 153 Å². The smallest absolute Gasteiger partial charge is 0.341 e. The number of nitrogens with zero attached hydrogens (tertiary/aromatic N) is 1. The zero-order valence-corrected chi connectivity index (χ0v) is 14.4. The molecule has 2 saturated carbocycles. The van der Waals surface area contributed by atoms with Crippen LogP contribution in [0.2, 0.25) is 0 Å². The maximum absolute atomic E-state index is 12.8. The molecule has 1 aromatic heterocycles. The van der Waals surface area contributed by atoms with Gasteiger partial charge in [0.2, 0.25) is 0 Å². The minimum absolute atomic E-state index is 0.0406. The summed E-state index contributed by atoms with van der Waals surface area (Å²) in [7, 11) is 0. The van der Waals surface area contributed by atoms with Gasteiger partial charge in [0.05, 0.1) is 11.1 Å². The van der Waals surface area contributed by atoms with Crippen molar-refractivity contribution >= 4 is 5.91 Å². The number of carbonyl (C=O) groups is 1. The molecule has 2 aromatic rings. The van der Waals surface area contributed by atoms with Crippen LogP contribution in [0.1, 0.15) is 65.5 Å². The lowest BCUT2D eigenvalue weighted by molar-refractivity contribution is -0.137. The molecule has 27 heavy (non-hydrogen) atoms. The van der Waals surface area contributed by atoms with Crippen molar-refractivity contribution in [1.29, 1.82) is 0 Å². The number of benzene rings is 1. The van der Waals surface area contributed by atoms with Crippen LogP contribution in [0.5, 0.6) is 0 Å². The van der Waals surface area contributed by atoms with Crippen molar-refractivity contribution in [2.75, 3.05) is 0 Å². The summed E-state index contributed by atoms with van der Waals surface area (Å²) in [4.78, 5) is 31.4. The van der Waals surface area contributed by atoms with Crippen LogP contribution in [0.15, 0.2) is 35.1 Å². The van der Waals surface area contributed by atoms with Crippen molar-refractivity contribution in [2.24, 2.45) is 0 Å². The van der Waals surface area contributed by atoms with Gasteiger partial charge in [-0.25, -0.2) is 4.98 Å². The maximum Gasteiger partial charge on any atom is 0.416 e. The van der Waals surface area contributed by atoms with Crippen LogP contribution in [-0.2, 0) is 11.7 Å². The lowest BCUT2D eigenvalue weighted by Gasteiger charge is -2.43. The van der Waals surface area contributed by atoms with E-state index in [4.69, 9.17) is 0 Å². The number of nitrogens with one attached hydrogen (secondary N) is 2. The summed E-state index contributed by atoms with van der Waals surface area (Å²) in [6, 6.07) is 6.02. The van der Waals surface area contributed by atoms with Crippen LogP contribution in [0.25, 0.3) is 0 Å². The van der Waals surface area contributed by atoms with E-state index < -0.39 is 23.2 Å². The fourth-order valence-corrected chi connectivity index (χ4v) is 3.42. The quantitative estimate of drug-likeness (QED) is 0.857. The molecule has 1 heterocycles. The molecule has 0 unspecified atom stereocenters. The van der Waals surface area contributed by atoms with E-state index in [1.54, 1.807) is 0 Å². The summed E-state index contributed by atoms with van der Waals surface area (Å²) < 4.78 is 38.3. The number of aromatic nitrogens is 2. The first-order chi connectivity index (χ1) is 12.8. The molecule has 0 saturated heterocycles. The van der Waals surface area contributed by atoms with Crippen molar-refractivity contribution < 1.29 is 18.0 Å². The van der Waals surface area contributed by atoms with Gasteiger partial charge in [0.1, 0.15) is 11.5 Å². The van der Waals surface area contributed by atoms with E-state index in [0.29, 0.717) is 24.2 Å². The minimum atomic E-state index is -4.40. The Hall–Kier alpha value is -2.64. The lowest BCUT2D eigenvalue weighted by Crippen LogP contribution is -2.51. The van der Waals surface area contributed by atoms with Gasteiger partial charge in [0, 0.05) is 12.0 Å². The third-order valence-corrected chi connectivity index (χ3v) is 5.28. The molecule has 5 nitrogen and oxygen atoms in total. The first-order valence-corrected chi connectivity index (χ1v) is 8.88. The second-order valence-electron chi connectivity index (χ2n) is 7.26. The van der Waals surface area contributed by atoms with E-state index in [-0.39, 0.29) is 17.2 Å². The summed E-state index contributed by atoms with van der Waals surface area (Å²) in [5, 5.41) is 2.90. The highest BCUT2D eigenvalue weighted by Gasteiger charge is 2.41. The summed E-state index contributed by atoms with van der Waals surface area (Å²) in [6.07, 6.45) is -0.418. The highest BCUT2D eigenvalue weighted by Crippen LogP contribution is 2.42. The van der Waals surface area contributed by atoms with Gasteiger partial charge in [-0.3, -0.25) is 9.59 Å². The molecule has 0 spiro atoms. The number of H-pyrrole nitrogens is 1. The predicted octanol–water partition coefficient (Wildman–Crippen LogP) is 3.48. The Bertz CT molecular complexity index is 926. The van der Waals surface area contributed by atoms with Crippen LogP contribution in [0, 0.1) is 0 Å². The predicted molar refractivity (Wildman–Crippen MR) is 91.3 cm³/mol. The van der Waals surface area contributed by atoms with Crippen molar-refractivity contribution in [2.45, 2.75) is 49.7 Å². The molecule has 1 aromatic carbocycles. The number of halogens is 3. The Morgan fingerprint density at radius 1 is 1.19 bits per heavy atom. The first-order valence-electron chi connectivity index (χ1n) is 8.88. The van der Waals surface area contributed by atoms with Crippen LogP contribution >= 0.6 is 0 Å². The molecule has 0 aliphatic heterocycles. The second-order valence-corrected chi connectivity index (χ2v) is 7.26. The summed E-state index contributed by atoms with van der Waals surface area (Å²) in [6.45, 7) is 0. The Morgan fingerprint density at radius 2 is 1.85 bits per heavy atom. The summed E-state index contributed by atoms with van der Waals surface area (Å²) in [5.41, 5.74) is -1.15. The summed E-state index contributed by atoms with van der Waals surface area (Å²) >= 11 is 0. The zero-order chi connectivity index (χ0) is 19.2. The fraction of sp³-hybridized carbons (Fsp3) is 0.421. The summed E-state index contributed by atoms with van der Waals surface area (Å²) in [5.74, 6) is 0.227. The van der Waals surface area contributed by atoms with Gasteiger partial charge in [-0.05, 0) is 49.8 Å². The largest absolute Gasteiger partial charge is 0.416 e. The van der Waals surface area contributed by atoms with Crippen molar-refractivity contribution in [3.8, 4) is 0 Å². The van der Waals surface area contributed by atoms with E-state index in [1.807, 2.05) is 0 Å². The third-order valence-electron chi connectivity index (χ3n) is 5.28. The lowest BCUT2D eigenvalue weighted by atomic mass is 9.71. The molecule has 2 aliphatic rings. The second kappa shape index (κ2) is 6.21. The maximum atomic E-state index is 12.8. The highest BCUT2D eigenvalue weighted by molar-refractivity contribution is 5.93. The van der Waals surface area contributed by atoms with Crippen LogP contribution < -0.4 is 10.9 Å². The molecule has 0 bridgehead atoms. The monoisotopic (exact) mass is 377 g/mol. The van der Waals surface area contributed by atoms with Crippen molar-refractivity contribution in [3.63, 3.8) is 0 Å². The Balaban J connectivity index is 1.58. The third kappa shape index (κ3) is 3.48. The molecule has 2 fully saturated rings. The number of rotatable bonds is 4. The van der Waals surface area contributed by atoms with E-state index in [2.05, 4.69) is 15.3 Å². The van der Waals surface area contributed by atoms with E-state index >= 15 is 0 Å². The van der Waals surface area contributed by atoms with E-state index in [1.165, 1.54) is 12.1 Å². The fourth-order valence-electron chi connectivity index (χ4n) is 3.42. The minimum Gasteiger partial charge on any atom is -0.341 e. The number of hydrogen-bond acceptors (Lipinski definition) is 3. The molecule has 142 valence electrons. The number of hydrogen-bond donors (Lipinski definition) is 2. The average molecular weight is 377 g/mol. The number of amides is 1. The van der Waals surface area contributed by atoms with E-state index in [0.717, 1.165) is 37.5 Å². The van der Waals surface area contributed by atoms with Gasteiger partial charge in [-0.15, -0.1) is 0 Å². The zero-order valence-electron chi connectivity index (χ0n) is 14.4. The molecule has 0 radical (unpaired) electrons. The first kappa shape index (κ1) is 17.8. The Morgan fingerprint density at radius 3 is 2.37 bits per heavy atom. The molecule has 2 aliphatic carbocycles. The van der Waals surface area contributed by atoms with Gasteiger partial charge in [-0.2, -0.15) is 13.2 Å². The van der Waals surface area contributed by atoms with Gasteiger partial charge in [0.25, 0.3) is 11.5 Å². The molecule has 4 rings (SSSR count). The highest BCUT2D eigenvalue weighted by atomic mass is 19.4. The van der Waals surface area contributed by atoms with Crippen molar-refractivity contribution in [3.05, 3.63) is 63.3 Å². The molecular weight excluding hydrogens is 359 g/mol. The molecule has 8 heteroatoms. The molecular formula is C19H18F3N3O2.